The molecule has 0 aliphatic carbocycles. The molecule has 1 fully saturated rings. The molecule has 0 unspecified atom stereocenters. The fraction of sp³-hybridized carbons (Fsp3) is 0.333. The zero-order valence-electron chi connectivity index (χ0n) is 13.5. The molecule has 1 aliphatic heterocycles. The summed E-state index contributed by atoms with van der Waals surface area (Å²) in [5.41, 5.74) is 1.91. The fourth-order valence-electron chi connectivity index (χ4n) is 2.76. The van der Waals surface area contributed by atoms with Crippen LogP contribution in [-0.2, 0) is 6.42 Å². The minimum absolute atomic E-state index is 0.0190. The van der Waals surface area contributed by atoms with Crippen molar-refractivity contribution in [2.75, 3.05) is 26.2 Å². The molecule has 0 saturated carbocycles. The second-order valence-corrected chi connectivity index (χ2v) is 6.52. The van der Waals surface area contributed by atoms with Crippen LogP contribution in [-0.4, -0.2) is 47.8 Å². The van der Waals surface area contributed by atoms with Crippen LogP contribution in [0.5, 0.6) is 0 Å². The third-order valence-electron chi connectivity index (χ3n) is 4.25. The zero-order chi connectivity index (χ0) is 17.1. The average molecular weight is 391 g/mol. The van der Waals surface area contributed by atoms with Gasteiger partial charge in [-0.3, -0.25) is 9.59 Å². The molecule has 6 heteroatoms. The van der Waals surface area contributed by atoms with E-state index in [1.807, 2.05) is 24.3 Å². The number of hydrogen-bond donors (Lipinski definition) is 0. The highest BCUT2D eigenvalue weighted by Gasteiger charge is 2.26. The summed E-state index contributed by atoms with van der Waals surface area (Å²) in [5.74, 6) is 0.197. The Kier molecular flexibility index (Phi) is 5.04. The van der Waals surface area contributed by atoms with Gasteiger partial charge in [-0.25, -0.2) is 0 Å². The first-order valence-corrected chi connectivity index (χ1v) is 8.80. The fourth-order valence-corrected chi connectivity index (χ4v) is 3.07. The van der Waals surface area contributed by atoms with Crippen molar-refractivity contribution in [2.24, 2.45) is 0 Å². The molecule has 2 amide bonds. The predicted molar refractivity (Wildman–Crippen MR) is 94.0 cm³/mol. The highest BCUT2D eigenvalue weighted by atomic mass is 79.9. The second kappa shape index (κ2) is 7.21. The van der Waals surface area contributed by atoms with Gasteiger partial charge in [0.05, 0.1) is 0 Å². The highest BCUT2D eigenvalue weighted by Crippen LogP contribution is 2.17. The van der Waals surface area contributed by atoms with E-state index in [1.54, 1.807) is 21.9 Å². The number of furan rings is 1. The van der Waals surface area contributed by atoms with E-state index >= 15 is 0 Å². The Bertz CT molecular complexity index is 731. The third kappa shape index (κ3) is 3.53. The number of rotatable bonds is 3. The summed E-state index contributed by atoms with van der Waals surface area (Å²) in [4.78, 5) is 28.4. The normalized spacial score (nSPS) is 14.8. The number of hydrogen-bond acceptors (Lipinski definition) is 3. The molecule has 126 valence electrons. The van der Waals surface area contributed by atoms with Gasteiger partial charge in [-0.2, -0.15) is 0 Å². The Labute approximate surface area is 149 Å². The first-order valence-electron chi connectivity index (χ1n) is 8.01. The lowest BCUT2D eigenvalue weighted by atomic mass is 10.1. The smallest absolute Gasteiger partial charge is 0.289 e. The van der Waals surface area contributed by atoms with Crippen molar-refractivity contribution in [3.8, 4) is 0 Å². The molecule has 1 saturated heterocycles. The maximum absolute atomic E-state index is 12.5. The monoisotopic (exact) mass is 390 g/mol. The summed E-state index contributed by atoms with van der Waals surface area (Å²) in [6, 6.07) is 11.1. The van der Waals surface area contributed by atoms with Crippen molar-refractivity contribution < 1.29 is 14.0 Å². The molecular weight excluding hydrogens is 372 g/mol. The Morgan fingerprint density at radius 3 is 2.04 bits per heavy atom. The Morgan fingerprint density at radius 1 is 0.958 bits per heavy atom. The predicted octanol–water partition coefficient (Wildman–Crippen LogP) is 3.20. The third-order valence-corrected chi connectivity index (χ3v) is 4.67. The topological polar surface area (TPSA) is 53.8 Å². The number of nitrogens with zero attached hydrogens (tertiary/aromatic N) is 2. The minimum atomic E-state index is -0.139. The van der Waals surface area contributed by atoms with Gasteiger partial charge in [0.2, 0.25) is 0 Å². The summed E-state index contributed by atoms with van der Waals surface area (Å²) >= 11 is 3.20. The SMILES string of the molecule is CCc1ccc(C(=O)N2CCN(C(=O)c3ccc(Br)o3)CC2)cc1. The lowest BCUT2D eigenvalue weighted by Crippen LogP contribution is -2.50. The molecule has 0 N–H and O–H groups in total. The van der Waals surface area contributed by atoms with Gasteiger partial charge < -0.3 is 14.2 Å². The lowest BCUT2D eigenvalue weighted by Gasteiger charge is -2.34. The molecular formula is C18H19BrN2O3. The van der Waals surface area contributed by atoms with Crippen molar-refractivity contribution >= 4 is 27.7 Å². The van der Waals surface area contributed by atoms with E-state index in [4.69, 9.17) is 4.42 Å². The minimum Gasteiger partial charge on any atom is -0.444 e. The van der Waals surface area contributed by atoms with Crippen LogP contribution in [0.2, 0.25) is 0 Å². The maximum atomic E-state index is 12.5. The van der Waals surface area contributed by atoms with Crippen LogP contribution in [0.3, 0.4) is 0 Å². The van der Waals surface area contributed by atoms with E-state index in [9.17, 15) is 9.59 Å². The Hall–Kier alpha value is -2.08. The largest absolute Gasteiger partial charge is 0.444 e. The van der Waals surface area contributed by atoms with E-state index in [1.165, 1.54) is 5.56 Å². The van der Waals surface area contributed by atoms with Gasteiger partial charge in [0.25, 0.3) is 11.8 Å². The van der Waals surface area contributed by atoms with E-state index in [2.05, 4.69) is 22.9 Å². The average Bonchev–Trinajstić information content (AvgIpc) is 3.07. The van der Waals surface area contributed by atoms with Crippen LogP contribution < -0.4 is 0 Å². The van der Waals surface area contributed by atoms with Gasteiger partial charge in [-0.05, 0) is 52.2 Å². The summed E-state index contributed by atoms with van der Waals surface area (Å²) in [6.07, 6.45) is 0.956. The molecule has 3 rings (SSSR count). The number of halogens is 1. The number of aryl methyl sites for hydroxylation is 1. The van der Waals surface area contributed by atoms with Gasteiger partial charge in [0.1, 0.15) is 0 Å². The summed E-state index contributed by atoms with van der Waals surface area (Å²) in [7, 11) is 0. The van der Waals surface area contributed by atoms with E-state index in [0.29, 0.717) is 42.2 Å². The summed E-state index contributed by atoms with van der Waals surface area (Å²) in [6.45, 7) is 4.17. The van der Waals surface area contributed by atoms with Crippen LogP contribution in [0.1, 0.15) is 33.4 Å². The number of carbonyl (C=O) groups excluding carboxylic acids is 2. The zero-order valence-corrected chi connectivity index (χ0v) is 15.1. The summed E-state index contributed by atoms with van der Waals surface area (Å²) < 4.78 is 5.85. The standard InChI is InChI=1S/C18H19BrN2O3/c1-2-13-3-5-14(6-4-13)17(22)20-9-11-21(12-10-20)18(23)15-7-8-16(19)24-15/h3-8H,2,9-12H2,1H3. The van der Waals surface area contributed by atoms with Crippen LogP contribution in [0.15, 0.2) is 45.5 Å². The Morgan fingerprint density at radius 2 is 1.54 bits per heavy atom. The molecule has 1 aliphatic rings. The van der Waals surface area contributed by atoms with Crippen molar-refractivity contribution in [2.45, 2.75) is 13.3 Å². The van der Waals surface area contributed by atoms with Gasteiger partial charge in [-0.1, -0.05) is 19.1 Å². The first-order chi connectivity index (χ1) is 11.6. The molecule has 1 aromatic heterocycles. The maximum Gasteiger partial charge on any atom is 0.289 e. The van der Waals surface area contributed by atoms with Crippen LogP contribution >= 0.6 is 15.9 Å². The molecule has 0 atom stereocenters. The number of amides is 2. The van der Waals surface area contributed by atoms with Crippen molar-refractivity contribution in [1.82, 2.24) is 9.80 Å². The number of piperazine rings is 1. The van der Waals surface area contributed by atoms with Crippen LogP contribution in [0.25, 0.3) is 0 Å². The molecule has 2 aromatic rings. The van der Waals surface area contributed by atoms with E-state index in [0.717, 1.165) is 6.42 Å². The molecule has 0 spiro atoms. The molecule has 5 nitrogen and oxygen atoms in total. The van der Waals surface area contributed by atoms with Crippen molar-refractivity contribution in [3.63, 3.8) is 0 Å². The first kappa shape index (κ1) is 16.8. The van der Waals surface area contributed by atoms with Crippen molar-refractivity contribution in [3.05, 3.63) is 58.0 Å². The van der Waals surface area contributed by atoms with Gasteiger partial charge in [0, 0.05) is 31.7 Å². The van der Waals surface area contributed by atoms with Gasteiger partial charge >= 0.3 is 0 Å². The molecule has 0 bridgehead atoms. The Balaban J connectivity index is 1.59. The molecule has 2 heterocycles. The van der Waals surface area contributed by atoms with Gasteiger partial charge in [-0.15, -0.1) is 0 Å². The summed E-state index contributed by atoms with van der Waals surface area (Å²) in [5, 5.41) is 0. The van der Waals surface area contributed by atoms with E-state index < -0.39 is 0 Å². The number of benzene rings is 1. The highest BCUT2D eigenvalue weighted by molar-refractivity contribution is 9.10. The quantitative estimate of drug-likeness (QED) is 0.808. The van der Waals surface area contributed by atoms with Gasteiger partial charge in [0.15, 0.2) is 10.4 Å². The second-order valence-electron chi connectivity index (χ2n) is 5.74. The van der Waals surface area contributed by atoms with E-state index in [-0.39, 0.29) is 11.8 Å². The molecule has 0 radical (unpaired) electrons. The van der Waals surface area contributed by atoms with Crippen LogP contribution in [0, 0.1) is 0 Å². The van der Waals surface area contributed by atoms with Crippen molar-refractivity contribution in [1.29, 1.82) is 0 Å². The molecule has 1 aromatic carbocycles. The number of carbonyl (C=O) groups is 2. The van der Waals surface area contributed by atoms with Crippen LogP contribution in [0.4, 0.5) is 0 Å². The lowest BCUT2D eigenvalue weighted by molar-refractivity contribution is 0.0517. The molecule has 24 heavy (non-hydrogen) atoms.